The van der Waals surface area contributed by atoms with Gasteiger partial charge in [-0.15, -0.1) is 6.58 Å². The number of para-hydroxylation sites is 1. The number of rotatable bonds is 11. The molecule has 43 heavy (non-hydrogen) atoms. The number of nitrogens with zero attached hydrogens (tertiary/aromatic N) is 4. The topological polar surface area (TPSA) is 43.6 Å². The number of fused-ring (bicyclic) bond motifs is 2. The highest BCUT2D eigenvalue weighted by Gasteiger charge is 2.50. The van der Waals surface area contributed by atoms with Crippen molar-refractivity contribution in [2.24, 2.45) is 5.92 Å². The highest BCUT2D eigenvalue weighted by molar-refractivity contribution is 6.05. The van der Waals surface area contributed by atoms with Crippen LogP contribution in [0, 0.1) is 23.8 Å². The zero-order valence-electron chi connectivity index (χ0n) is 25.8. The van der Waals surface area contributed by atoms with Crippen molar-refractivity contribution in [2.45, 2.75) is 50.4 Å². The van der Waals surface area contributed by atoms with Crippen molar-refractivity contribution in [3.05, 3.63) is 125 Å². The second-order valence-electron chi connectivity index (χ2n) is 11.9. The number of methoxy groups -OCH3 is 1. The summed E-state index contributed by atoms with van der Waals surface area (Å²) >= 11 is 0. The van der Waals surface area contributed by atoms with E-state index in [-0.39, 0.29) is 5.41 Å². The molecule has 218 valence electrons. The van der Waals surface area contributed by atoms with E-state index in [9.17, 15) is 5.26 Å². The van der Waals surface area contributed by atoms with Gasteiger partial charge in [0.05, 0.1) is 23.6 Å². The molecule has 0 radical (unpaired) electrons. The number of nitriles is 1. The first kappa shape index (κ1) is 30.0. The Kier molecular flexibility index (Phi) is 8.67. The molecule has 0 amide bonds. The molecule has 0 aromatic heterocycles. The summed E-state index contributed by atoms with van der Waals surface area (Å²) in [7, 11) is 3.81. The lowest BCUT2D eigenvalue weighted by molar-refractivity contribution is -0.441. The molecule has 0 N–H and O–H groups in total. The van der Waals surface area contributed by atoms with Crippen molar-refractivity contribution in [2.75, 3.05) is 32.2 Å². The van der Waals surface area contributed by atoms with Crippen LogP contribution in [0.3, 0.4) is 0 Å². The molecule has 2 aromatic carbocycles. The van der Waals surface area contributed by atoms with E-state index < -0.39 is 5.41 Å². The zero-order valence-corrected chi connectivity index (χ0v) is 25.8. The fourth-order valence-electron chi connectivity index (χ4n) is 7.19. The van der Waals surface area contributed by atoms with Gasteiger partial charge in [0.2, 0.25) is 5.69 Å². The zero-order chi connectivity index (χ0) is 30.6. The van der Waals surface area contributed by atoms with Gasteiger partial charge >= 0.3 is 0 Å². The summed E-state index contributed by atoms with van der Waals surface area (Å²) in [6, 6.07) is 17.1. The molecule has 0 bridgehead atoms. The number of allylic oxidation sites excluding steroid dienone is 9. The van der Waals surface area contributed by atoms with Gasteiger partial charge in [0, 0.05) is 42.6 Å². The molecule has 0 fully saturated rings. The van der Waals surface area contributed by atoms with E-state index in [4.69, 9.17) is 11.3 Å². The Labute approximate surface area is 256 Å². The van der Waals surface area contributed by atoms with E-state index >= 15 is 0 Å². The largest absolute Gasteiger partial charge is 0.378 e. The maximum Gasteiger partial charge on any atom is 0.207 e. The van der Waals surface area contributed by atoms with Crippen LogP contribution in [0.25, 0.3) is 4.85 Å². The Bertz CT molecular complexity index is 1650. The lowest BCUT2D eigenvalue weighted by Crippen LogP contribution is -2.35. The van der Waals surface area contributed by atoms with E-state index in [1.807, 2.05) is 18.2 Å². The Balaban J connectivity index is 1.71. The fraction of sp³-hybridized carbons (Fsp3) is 0.342. The minimum atomic E-state index is -0.436. The van der Waals surface area contributed by atoms with Gasteiger partial charge in [0.1, 0.15) is 6.61 Å². The molecular formula is C38H41N4O+. The van der Waals surface area contributed by atoms with Crippen molar-refractivity contribution >= 4 is 22.8 Å². The van der Waals surface area contributed by atoms with Gasteiger partial charge < -0.3 is 9.64 Å². The first-order valence-electron chi connectivity index (χ1n) is 15.2. The SMILES string of the molecule is [C-]#[N+]c1ccc2c(c1)C(CC=C)(CCC1C=CC=C1)C(C=C(C#N)C=C1N(C)c3ccccc3C1(C)CC)=[N+]2CCOC. The van der Waals surface area contributed by atoms with Crippen molar-refractivity contribution in [1.82, 2.24) is 0 Å². The van der Waals surface area contributed by atoms with Crippen molar-refractivity contribution in [3.63, 3.8) is 0 Å². The van der Waals surface area contributed by atoms with Crippen LogP contribution in [0.15, 0.2) is 103 Å². The number of hydrogen-bond acceptors (Lipinski definition) is 3. The Morgan fingerprint density at radius 2 is 1.98 bits per heavy atom. The van der Waals surface area contributed by atoms with E-state index in [0.29, 0.717) is 36.8 Å². The molecule has 3 aliphatic rings. The van der Waals surface area contributed by atoms with Crippen molar-refractivity contribution in [3.8, 4) is 6.07 Å². The van der Waals surface area contributed by atoms with Gasteiger partial charge in [0.15, 0.2) is 17.9 Å². The smallest absolute Gasteiger partial charge is 0.207 e. The third kappa shape index (κ3) is 5.20. The van der Waals surface area contributed by atoms with Crippen LogP contribution in [0.5, 0.6) is 0 Å². The average Bonchev–Trinajstić information content (AvgIpc) is 3.70. The molecule has 2 aromatic rings. The van der Waals surface area contributed by atoms with Crippen LogP contribution in [0.1, 0.15) is 50.7 Å². The highest BCUT2D eigenvalue weighted by atomic mass is 16.5. The molecule has 2 unspecified atom stereocenters. The van der Waals surface area contributed by atoms with Crippen LogP contribution >= 0.6 is 0 Å². The third-order valence-corrected chi connectivity index (χ3v) is 9.65. The molecular weight excluding hydrogens is 528 g/mol. The summed E-state index contributed by atoms with van der Waals surface area (Å²) in [5.74, 6) is 0.362. The lowest BCUT2D eigenvalue weighted by Gasteiger charge is -2.28. The monoisotopic (exact) mass is 569 g/mol. The normalized spacial score (nSPS) is 23.5. The van der Waals surface area contributed by atoms with Crippen molar-refractivity contribution < 1.29 is 9.31 Å². The van der Waals surface area contributed by atoms with Crippen LogP contribution < -0.4 is 4.90 Å². The second-order valence-corrected chi connectivity index (χ2v) is 11.9. The number of likely N-dealkylation sites (N-methyl/N-ethyl adjacent to an activating group) is 1. The Morgan fingerprint density at radius 3 is 2.65 bits per heavy atom. The highest BCUT2D eigenvalue weighted by Crippen LogP contribution is 2.50. The van der Waals surface area contributed by atoms with Crippen LogP contribution in [-0.4, -0.2) is 37.6 Å². The van der Waals surface area contributed by atoms with Gasteiger partial charge in [-0.25, -0.2) is 4.85 Å². The lowest BCUT2D eigenvalue weighted by atomic mass is 9.70. The first-order chi connectivity index (χ1) is 20.9. The number of anilines is 1. The molecule has 2 heterocycles. The van der Waals surface area contributed by atoms with Crippen LogP contribution in [-0.2, 0) is 15.6 Å². The molecule has 0 spiro atoms. The summed E-state index contributed by atoms with van der Waals surface area (Å²) in [5.41, 5.74) is 7.45. The summed E-state index contributed by atoms with van der Waals surface area (Å²) in [4.78, 5) is 6.02. The van der Waals surface area contributed by atoms with Crippen LogP contribution in [0.2, 0.25) is 0 Å². The molecule has 5 nitrogen and oxygen atoms in total. The Morgan fingerprint density at radius 1 is 1.21 bits per heavy atom. The molecule has 5 heteroatoms. The maximum atomic E-state index is 10.6. The van der Waals surface area contributed by atoms with Crippen molar-refractivity contribution in [1.29, 1.82) is 5.26 Å². The predicted molar refractivity (Wildman–Crippen MR) is 176 cm³/mol. The second kappa shape index (κ2) is 12.4. The van der Waals surface area contributed by atoms with Gasteiger partial charge in [0.25, 0.3) is 0 Å². The molecule has 0 saturated carbocycles. The van der Waals surface area contributed by atoms with Gasteiger partial charge in [-0.2, -0.15) is 9.84 Å². The van der Waals surface area contributed by atoms with E-state index in [1.54, 1.807) is 7.11 Å². The quantitative estimate of drug-likeness (QED) is 0.118. The summed E-state index contributed by atoms with van der Waals surface area (Å²) in [5, 5.41) is 10.6. The molecule has 1 aliphatic carbocycles. The summed E-state index contributed by atoms with van der Waals surface area (Å²) in [6.07, 6.45) is 18.3. The predicted octanol–water partition coefficient (Wildman–Crippen LogP) is 8.47. The standard InChI is InChI=1S/C38H41N4O/c1-7-20-38(21-19-28-13-9-10-14-28)32-26-30(40-4)17-18-34(32)42(22-23-43-6)36(38)25-29(27-39)24-35-37(3,8-2)31-15-11-12-16-33(31)41(35)5/h7,9-18,24-26,28H,1,8,19-23H2,2-3,5-6H3/q+1. The summed E-state index contributed by atoms with van der Waals surface area (Å²) < 4.78 is 7.87. The van der Waals surface area contributed by atoms with Crippen LogP contribution in [0.4, 0.5) is 17.1 Å². The van der Waals surface area contributed by atoms with E-state index in [0.717, 1.165) is 41.9 Å². The first-order valence-corrected chi connectivity index (χ1v) is 15.2. The number of benzene rings is 2. The van der Waals surface area contributed by atoms with Gasteiger partial charge in [-0.05, 0) is 74.4 Å². The maximum absolute atomic E-state index is 10.6. The van der Waals surface area contributed by atoms with E-state index in [1.165, 1.54) is 11.3 Å². The molecule has 2 atom stereocenters. The minimum absolute atomic E-state index is 0.204. The van der Waals surface area contributed by atoms with Gasteiger partial charge in [-0.1, -0.05) is 55.5 Å². The third-order valence-electron chi connectivity index (χ3n) is 9.65. The fourth-order valence-corrected chi connectivity index (χ4v) is 7.19. The molecule has 2 aliphatic heterocycles. The average molecular weight is 570 g/mol. The Hall–Kier alpha value is -4.45. The number of ether oxygens (including phenoxy) is 1. The number of hydrogen-bond donors (Lipinski definition) is 0. The summed E-state index contributed by atoms with van der Waals surface area (Å²) in [6.45, 7) is 17.6. The molecule has 0 saturated heterocycles. The molecule has 5 rings (SSSR count). The van der Waals surface area contributed by atoms with Gasteiger partial charge in [-0.3, -0.25) is 0 Å². The minimum Gasteiger partial charge on any atom is -0.378 e. The van der Waals surface area contributed by atoms with E-state index in [2.05, 4.69) is 115 Å².